The second-order valence-corrected chi connectivity index (χ2v) is 3.68. The van der Waals surface area contributed by atoms with Crippen LogP contribution in [0.4, 0.5) is 5.69 Å². The Hall–Kier alpha value is -1.91. The Morgan fingerprint density at radius 2 is 2.06 bits per heavy atom. The van der Waals surface area contributed by atoms with Crippen molar-refractivity contribution in [2.45, 2.75) is 26.4 Å². The summed E-state index contributed by atoms with van der Waals surface area (Å²) in [5, 5.41) is 0. The average Bonchev–Trinajstić information content (AvgIpc) is 2.37. The molecule has 1 atom stereocenters. The molecule has 1 rings (SSSR count). The summed E-state index contributed by atoms with van der Waals surface area (Å²) in [7, 11) is 1.52. The van der Waals surface area contributed by atoms with Gasteiger partial charge in [-0.15, -0.1) is 0 Å². The second-order valence-electron chi connectivity index (χ2n) is 3.68. The minimum Gasteiger partial charge on any atom is -0.493 e. The lowest BCUT2D eigenvalue weighted by atomic mass is 10.2. The van der Waals surface area contributed by atoms with E-state index in [1.807, 2.05) is 6.92 Å². The van der Waals surface area contributed by atoms with Gasteiger partial charge in [0, 0.05) is 11.8 Å². The lowest BCUT2D eigenvalue weighted by Gasteiger charge is -2.18. The van der Waals surface area contributed by atoms with Crippen molar-refractivity contribution in [3.8, 4) is 11.5 Å². The third kappa shape index (κ3) is 3.55. The number of methoxy groups -OCH3 is 1. The number of rotatable bonds is 6. The van der Waals surface area contributed by atoms with Gasteiger partial charge in [0.15, 0.2) is 17.6 Å². The van der Waals surface area contributed by atoms with Crippen LogP contribution in [0.25, 0.3) is 0 Å². The fourth-order valence-corrected chi connectivity index (χ4v) is 1.47. The highest BCUT2D eigenvalue weighted by molar-refractivity contribution is 5.75. The SMILES string of the molecule is CCOC(=O)C(CC)Oc1ccc(N)cc1OC. The van der Waals surface area contributed by atoms with Crippen molar-refractivity contribution in [1.82, 2.24) is 0 Å². The van der Waals surface area contributed by atoms with Crippen molar-refractivity contribution >= 4 is 11.7 Å². The summed E-state index contributed by atoms with van der Waals surface area (Å²) in [6.07, 6.45) is -0.116. The lowest BCUT2D eigenvalue weighted by molar-refractivity contribution is -0.151. The van der Waals surface area contributed by atoms with Crippen LogP contribution in [0.1, 0.15) is 20.3 Å². The Labute approximate surface area is 107 Å². The number of carbonyl (C=O) groups is 1. The van der Waals surface area contributed by atoms with Gasteiger partial charge in [0.1, 0.15) is 0 Å². The molecule has 5 nitrogen and oxygen atoms in total. The topological polar surface area (TPSA) is 70.8 Å². The van der Waals surface area contributed by atoms with Crippen molar-refractivity contribution in [2.75, 3.05) is 19.5 Å². The van der Waals surface area contributed by atoms with Gasteiger partial charge in [-0.1, -0.05) is 6.92 Å². The van der Waals surface area contributed by atoms with E-state index < -0.39 is 6.10 Å². The molecule has 0 radical (unpaired) electrons. The van der Waals surface area contributed by atoms with E-state index in [0.29, 0.717) is 30.2 Å². The molecule has 0 aromatic heterocycles. The fourth-order valence-electron chi connectivity index (χ4n) is 1.47. The predicted octanol–water partition coefficient (Wildman–Crippen LogP) is 2.00. The summed E-state index contributed by atoms with van der Waals surface area (Å²) in [5.74, 6) is 0.600. The highest BCUT2D eigenvalue weighted by Crippen LogP contribution is 2.30. The van der Waals surface area contributed by atoms with Gasteiger partial charge in [-0.2, -0.15) is 0 Å². The molecule has 100 valence electrons. The number of nitrogen functional groups attached to an aromatic ring is 1. The van der Waals surface area contributed by atoms with Crippen LogP contribution >= 0.6 is 0 Å². The van der Waals surface area contributed by atoms with Gasteiger partial charge in [0.05, 0.1) is 13.7 Å². The Morgan fingerprint density at radius 1 is 1.33 bits per heavy atom. The average molecular weight is 253 g/mol. The Balaban J connectivity index is 2.84. The van der Waals surface area contributed by atoms with E-state index in [4.69, 9.17) is 19.9 Å². The van der Waals surface area contributed by atoms with Gasteiger partial charge in [-0.3, -0.25) is 0 Å². The summed E-state index contributed by atoms with van der Waals surface area (Å²) in [4.78, 5) is 11.6. The quantitative estimate of drug-likeness (QED) is 0.620. The molecule has 0 aliphatic heterocycles. The third-order valence-electron chi connectivity index (χ3n) is 2.38. The van der Waals surface area contributed by atoms with Crippen LogP contribution in [0.2, 0.25) is 0 Å². The molecule has 18 heavy (non-hydrogen) atoms. The van der Waals surface area contributed by atoms with E-state index in [1.54, 1.807) is 25.1 Å². The molecule has 1 unspecified atom stereocenters. The third-order valence-corrected chi connectivity index (χ3v) is 2.38. The predicted molar refractivity (Wildman–Crippen MR) is 68.7 cm³/mol. The smallest absolute Gasteiger partial charge is 0.347 e. The number of carbonyl (C=O) groups excluding carboxylic acids is 1. The maximum absolute atomic E-state index is 11.6. The summed E-state index contributed by atoms with van der Waals surface area (Å²) >= 11 is 0. The molecule has 0 saturated carbocycles. The van der Waals surface area contributed by atoms with Gasteiger partial charge in [-0.25, -0.2) is 4.79 Å². The number of esters is 1. The Bertz CT molecular complexity index is 406. The maximum atomic E-state index is 11.6. The van der Waals surface area contributed by atoms with E-state index >= 15 is 0 Å². The van der Waals surface area contributed by atoms with Crippen LogP contribution in [-0.2, 0) is 9.53 Å². The first kappa shape index (κ1) is 14.2. The maximum Gasteiger partial charge on any atom is 0.347 e. The first-order valence-electron chi connectivity index (χ1n) is 5.89. The van der Waals surface area contributed by atoms with Crippen molar-refractivity contribution < 1.29 is 19.0 Å². The zero-order chi connectivity index (χ0) is 13.5. The molecule has 1 aromatic rings. The molecule has 5 heteroatoms. The number of benzene rings is 1. The first-order valence-corrected chi connectivity index (χ1v) is 5.89. The highest BCUT2D eigenvalue weighted by atomic mass is 16.6. The van der Waals surface area contributed by atoms with Crippen LogP contribution < -0.4 is 15.2 Å². The van der Waals surface area contributed by atoms with Gasteiger partial charge < -0.3 is 19.9 Å². The number of ether oxygens (including phenoxy) is 3. The minimum atomic E-state index is -0.637. The molecule has 2 N–H and O–H groups in total. The van der Waals surface area contributed by atoms with Crippen LogP contribution in [0.15, 0.2) is 18.2 Å². The molecule has 0 saturated heterocycles. The van der Waals surface area contributed by atoms with Crippen molar-refractivity contribution in [1.29, 1.82) is 0 Å². The van der Waals surface area contributed by atoms with Crippen molar-refractivity contribution in [3.05, 3.63) is 18.2 Å². The number of hydrogen-bond donors (Lipinski definition) is 1. The minimum absolute atomic E-state index is 0.331. The zero-order valence-corrected chi connectivity index (χ0v) is 10.9. The molecule has 0 aliphatic rings. The van der Waals surface area contributed by atoms with E-state index in [-0.39, 0.29) is 5.97 Å². The van der Waals surface area contributed by atoms with Crippen molar-refractivity contribution in [3.63, 3.8) is 0 Å². The standard InChI is InChI=1S/C13H19NO4/c1-4-10(13(15)17-5-2)18-11-7-6-9(14)8-12(11)16-3/h6-8,10H,4-5,14H2,1-3H3. The molecule has 1 aromatic carbocycles. The number of nitrogens with two attached hydrogens (primary N) is 1. The normalized spacial score (nSPS) is 11.7. The van der Waals surface area contributed by atoms with E-state index in [1.165, 1.54) is 7.11 Å². The fraction of sp³-hybridized carbons (Fsp3) is 0.462. The zero-order valence-electron chi connectivity index (χ0n) is 10.9. The van der Waals surface area contributed by atoms with Crippen LogP contribution in [-0.4, -0.2) is 25.8 Å². The largest absolute Gasteiger partial charge is 0.493 e. The van der Waals surface area contributed by atoms with E-state index in [9.17, 15) is 4.79 Å². The van der Waals surface area contributed by atoms with E-state index in [0.717, 1.165) is 0 Å². The molecular weight excluding hydrogens is 234 g/mol. The highest BCUT2D eigenvalue weighted by Gasteiger charge is 2.21. The van der Waals surface area contributed by atoms with Gasteiger partial charge in [0.2, 0.25) is 0 Å². The van der Waals surface area contributed by atoms with Gasteiger partial charge >= 0.3 is 5.97 Å². The van der Waals surface area contributed by atoms with Gasteiger partial charge in [-0.05, 0) is 25.5 Å². The molecule has 0 fully saturated rings. The first-order chi connectivity index (χ1) is 8.62. The molecule has 0 spiro atoms. The molecule has 0 aliphatic carbocycles. The van der Waals surface area contributed by atoms with E-state index in [2.05, 4.69) is 0 Å². The molecule has 0 heterocycles. The Morgan fingerprint density at radius 3 is 2.61 bits per heavy atom. The summed E-state index contributed by atoms with van der Waals surface area (Å²) < 4.78 is 15.7. The summed E-state index contributed by atoms with van der Waals surface area (Å²) in [6.45, 7) is 3.94. The van der Waals surface area contributed by atoms with Crippen molar-refractivity contribution in [2.24, 2.45) is 0 Å². The van der Waals surface area contributed by atoms with Crippen LogP contribution in [0.3, 0.4) is 0 Å². The van der Waals surface area contributed by atoms with Crippen LogP contribution in [0, 0.1) is 0 Å². The monoisotopic (exact) mass is 253 g/mol. The molecular formula is C13H19NO4. The number of anilines is 1. The van der Waals surface area contributed by atoms with Gasteiger partial charge in [0.25, 0.3) is 0 Å². The Kier molecular flexibility index (Phi) is 5.30. The second kappa shape index (κ2) is 6.74. The van der Waals surface area contributed by atoms with Crippen LogP contribution in [0.5, 0.6) is 11.5 Å². The molecule has 0 amide bonds. The molecule has 0 bridgehead atoms. The lowest BCUT2D eigenvalue weighted by Crippen LogP contribution is -2.28. The summed E-state index contributed by atoms with van der Waals surface area (Å²) in [5.41, 5.74) is 6.22. The summed E-state index contributed by atoms with van der Waals surface area (Å²) in [6, 6.07) is 5.01. The number of hydrogen-bond acceptors (Lipinski definition) is 5.